The van der Waals surface area contributed by atoms with Crippen molar-refractivity contribution < 1.29 is 19.4 Å². The van der Waals surface area contributed by atoms with Gasteiger partial charge in [-0.3, -0.25) is 19.1 Å². The molecule has 9 rings (SSSR count). The van der Waals surface area contributed by atoms with Crippen LogP contribution in [0.3, 0.4) is 0 Å². The maximum absolute atomic E-state index is 12.7. The number of nitrogens with zero attached hydrogens (tertiary/aromatic N) is 6. The third-order valence-corrected chi connectivity index (χ3v) is 13.2. The molecule has 3 aliphatic rings. The molecule has 0 radical (unpaired) electrons. The van der Waals surface area contributed by atoms with E-state index >= 15 is 0 Å². The van der Waals surface area contributed by atoms with Gasteiger partial charge < -0.3 is 19.9 Å². The summed E-state index contributed by atoms with van der Waals surface area (Å²) in [5.41, 5.74) is 6.26. The number of ether oxygens (including phenoxy) is 2. The van der Waals surface area contributed by atoms with Crippen molar-refractivity contribution in [2.75, 3.05) is 13.2 Å². The van der Waals surface area contributed by atoms with Crippen LogP contribution in [-0.4, -0.2) is 64.8 Å². The van der Waals surface area contributed by atoms with Crippen LogP contribution >= 0.6 is 0 Å². The van der Waals surface area contributed by atoms with Crippen LogP contribution in [0.2, 0.25) is 0 Å². The van der Waals surface area contributed by atoms with Gasteiger partial charge in [-0.05, 0) is 85.0 Å². The first-order chi connectivity index (χ1) is 28.9. The lowest BCUT2D eigenvalue weighted by molar-refractivity contribution is -0.121. The SMILES string of the molecule is Cc1cn([C@H]2C[C@H](n3cc(CNC(=O)CCCCCOc4ccc5c(c4)-c4nc6cc7ccccc7cc6nc4[C@H]4C(C)(C)CCC[C@]54C)nn3)[C@@H](CO)O2)c(=O)[nH]c1=O. The Morgan fingerprint density at radius 1 is 1.00 bits per heavy atom. The van der Waals surface area contributed by atoms with Crippen molar-refractivity contribution in [1.82, 2.24) is 39.8 Å². The van der Waals surface area contributed by atoms with Crippen LogP contribution in [0.1, 0.15) is 113 Å². The van der Waals surface area contributed by atoms with Crippen LogP contribution < -0.4 is 21.3 Å². The van der Waals surface area contributed by atoms with Gasteiger partial charge in [0.15, 0.2) is 0 Å². The van der Waals surface area contributed by atoms with Crippen molar-refractivity contribution >= 4 is 27.7 Å². The Morgan fingerprint density at radius 2 is 1.78 bits per heavy atom. The fraction of sp³-hybridized carbons (Fsp3) is 0.457. The molecule has 312 valence electrons. The van der Waals surface area contributed by atoms with E-state index in [2.05, 4.69) is 96.0 Å². The van der Waals surface area contributed by atoms with Gasteiger partial charge >= 0.3 is 5.69 Å². The molecule has 0 spiro atoms. The highest BCUT2D eigenvalue weighted by atomic mass is 16.5. The zero-order valence-electron chi connectivity index (χ0n) is 34.6. The quantitative estimate of drug-likeness (QED) is 0.0908. The zero-order chi connectivity index (χ0) is 41.8. The van der Waals surface area contributed by atoms with Crippen LogP contribution in [0.25, 0.3) is 33.1 Å². The molecule has 3 aromatic carbocycles. The van der Waals surface area contributed by atoms with E-state index in [1.165, 1.54) is 28.1 Å². The highest BCUT2D eigenvalue weighted by Crippen LogP contribution is 2.62. The fourth-order valence-electron chi connectivity index (χ4n) is 10.2. The van der Waals surface area contributed by atoms with Crippen LogP contribution in [0.5, 0.6) is 5.75 Å². The van der Waals surface area contributed by atoms with E-state index in [1.807, 2.05) is 0 Å². The molecule has 1 saturated carbocycles. The number of rotatable bonds is 12. The molecule has 0 unspecified atom stereocenters. The third-order valence-electron chi connectivity index (χ3n) is 13.2. The summed E-state index contributed by atoms with van der Waals surface area (Å²) < 4.78 is 15.2. The second kappa shape index (κ2) is 15.7. The Kier molecular flexibility index (Phi) is 10.4. The van der Waals surface area contributed by atoms with Crippen LogP contribution in [-0.2, 0) is 21.5 Å². The number of fused-ring (bicyclic) bond motifs is 8. The normalized spacial score (nSPS) is 22.9. The summed E-state index contributed by atoms with van der Waals surface area (Å²) in [5, 5.41) is 23.7. The molecule has 60 heavy (non-hydrogen) atoms. The first kappa shape index (κ1) is 39.7. The summed E-state index contributed by atoms with van der Waals surface area (Å²) in [6.07, 6.45) is 8.33. The number of unbranched alkanes of at least 4 members (excludes halogenated alkanes) is 2. The number of benzene rings is 3. The van der Waals surface area contributed by atoms with Crippen molar-refractivity contribution in [3.8, 4) is 17.0 Å². The lowest BCUT2D eigenvalue weighted by Crippen LogP contribution is -2.46. The maximum atomic E-state index is 12.7. The third kappa shape index (κ3) is 7.29. The average molecular weight is 813 g/mol. The van der Waals surface area contributed by atoms with Gasteiger partial charge in [0, 0.05) is 41.5 Å². The number of aliphatic hydroxyl groups is 1. The van der Waals surface area contributed by atoms with Gasteiger partial charge in [-0.1, -0.05) is 62.7 Å². The molecule has 1 saturated heterocycles. The van der Waals surface area contributed by atoms with E-state index in [-0.39, 0.29) is 35.8 Å². The maximum Gasteiger partial charge on any atom is 0.330 e. The summed E-state index contributed by atoms with van der Waals surface area (Å²) in [7, 11) is 0. The Balaban J connectivity index is 0.795. The standard InChI is InChI=1S/C46H52N8O6/c1-27-24-53(44(58)50-43(27)57)39-22-36(37(26-55)60-39)54-25-30(51-52-54)23-47-38(56)13-6-5-9-18-59-31-14-15-33-32(21-31)40-41(42-45(2,3)16-10-17-46(33,42)4)49-35-20-29-12-8-7-11-28(29)19-34(35)48-40/h7-8,11-12,14-15,19-21,24-25,36-37,39,42,55H,5-6,9-10,13,16-18,22-23,26H2,1-4H3,(H,47,56)(H,50,57,58)/t36-,37+,39+,42-,46+/m0/s1. The summed E-state index contributed by atoms with van der Waals surface area (Å²) in [4.78, 5) is 50.1. The van der Waals surface area contributed by atoms with E-state index in [1.54, 1.807) is 17.8 Å². The molecule has 1 amide bonds. The molecule has 6 aromatic rings. The average Bonchev–Trinajstić information content (AvgIpc) is 3.88. The molecule has 2 fully saturated rings. The number of aliphatic hydroxyl groups excluding tert-OH is 1. The van der Waals surface area contributed by atoms with Crippen molar-refractivity contribution in [3.63, 3.8) is 0 Å². The van der Waals surface area contributed by atoms with Crippen molar-refractivity contribution in [2.24, 2.45) is 5.41 Å². The van der Waals surface area contributed by atoms with Crippen molar-refractivity contribution in [2.45, 2.75) is 115 Å². The van der Waals surface area contributed by atoms with Gasteiger partial charge in [-0.15, -0.1) is 5.10 Å². The molecule has 3 aromatic heterocycles. The molecular weight excluding hydrogens is 761 g/mol. The first-order valence-electron chi connectivity index (χ1n) is 21.2. The number of aromatic nitrogens is 7. The van der Waals surface area contributed by atoms with Crippen LogP contribution in [0.15, 0.2) is 76.6 Å². The van der Waals surface area contributed by atoms with Crippen molar-refractivity contribution in [3.05, 3.63) is 110 Å². The zero-order valence-corrected chi connectivity index (χ0v) is 34.6. The molecule has 1 aliphatic heterocycles. The van der Waals surface area contributed by atoms with Gasteiger partial charge in [0.05, 0.1) is 54.4 Å². The molecule has 3 N–H and O–H groups in total. The Morgan fingerprint density at radius 3 is 2.57 bits per heavy atom. The molecule has 4 heterocycles. The number of hydrogen-bond donors (Lipinski definition) is 3. The van der Waals surface area contributed by atoms with Gasteiger partial charge in [0.2, 0.25) is 5.91 Å². The Hall–Kier alpha value is -5.73. The first-order valence-corrected chi connectivity index (χ1v) is 21.2. The number of carbonyl (C=O) groups is 1. The van der Waals surface area contributed by atoms with Crippen LogP contribution in [0, 0.1) is 12.3 Å². The van der Waals surface area contributed by atoms with Crippen molar-refractivity contribution in [1.29, 1.82) is 0 Å². The Labute approximate surface area is 347 Å². The summed E-state index contributed by atoms with van der Waals surface area (Å²) in [6.45, 7) is 9.27. The largest absolute Gasteiger partial charge is 0.494 e. The summed E-state index contributed by atoms with van der Waals surface area (Å²) in [6, 6.07) is 18.9. The van der Waals surface area contributed by atoms with E-state index in [0.29, 0.717) is 30.7 Å². The summed E-state index contributed by atoms with van der Waals surface area (Å²) in [5.74, 6) is 0.980. The topological polar surface area (TPSA) is 179 Å². The monoisotopic (exact) mass is 812 g/mol. The number of aryl methyl sites for hydroxylation is 1. The number of H-pyrrole nitrogens is 1. The molecule has 14 heteroatoms. The fourth-order valence-corrected chi connectivity index (χ4v) is 10.2. The van der Waals surface area contributed by atoms with Gasteiger partial charge in [-0.25, -0.2) is 19.4 Å². The second-order valence-electron chi connectivity index (χ2n) is 17.8. The van der Waals surface area contributed by atoms with Gasteiger partial charge in [0.25, 0.3) is 5.56 Å². The summed E-state index contributed by atoms with van der Waals surface area (Å²) >= 11 is 0. The number of carbonyl (C=O) groups excluding carboxylic acids is 1. The molecule has 2 aliphatic carbocycles. The minimum absolute atomic E-state index is 0.0638. The predicted molar refractivity (Wildman–Crippen MR) is 227 cm³/mol. The predicted octanol–water partition coefficient (Wildman–Crippen LogP) is 6.54. The highest BCUT2D eigenvalue weighted by molar-refractivity contribution is 5.96. The molecule has 0 bridgehead atoms. The molecule has 14 nitrogen and oxygen atoms in total. The van der Waals surface area contributed by atoms with E-state index in [9.17, 15) is 19.5 Å². The van der Waals surface area contributed by atoms with Gasteiger partial charge in [-0.2, -0.15) is 0 Å². The minimum Gasteiger partial charge on any atom is -0.494 e. The molecule has 5 atom stereocenters. The number of hydrogen-bond acceptors (Lipinski definition) is 10. The second-order valence-corrected chi connectivity index (χ2v) is 17.8. The van der Waals surface area contributed by atoms with E-state index < -0.39 is 29.6 Å². The van der Waals surface area contributed by atoms with E-state index in [0.717, 1.165) is 71.2 Å². The highest BCUT2D eigenvalue weighted by Gasteiger charge is 2.53. The van der Waals surface area contributed by atoms with E-state index in [4.69, 9.17) is 19.4 Å². The molecular formula is C46H52N8O6. The smallest absolute Gasteiger partial charge is 0.330 e. The van der Waals surface area contributed by atoms with Crippen LogP contribution in [0.4, 0.5) is 0 Å². The minimum atomic E-state index is -0.693. The number of amides is 1. The number of nitrogens with one attached hydrogen (secondary N) is 2. The Bertz CT molecular complexity index is 2720. The number of aromatic amines is 1. The van der Waals surface area contributed by atoms with Gasteiger partial charge in [0.1, 0.15) is 23.8 Å². The lowest BCUT2D eigenvalue weighted by Gasteiger charge is -2.53. The lowest BCUT2D eigenvalue weighted by atomic mass is 9.50.